The highest BCUT2D eigenvalue weighted by atomic mass is 16.5. The van der Waals surface area contributed by atoms with Crippen LogP contribution in [0.2, 0.25) is 0 Å². The number of amides is 1. The quantitative estimate of drug-likeness (QED) is 0.854. The third kappa shape index (κ3) is 3.49. The van der Waals surface area contributed by atoms with Crippen LogP contribution in [0.25, 0.3) is 0 Å². The van der Waals surface area contributed by atoms with Crippen molar-refractivity contribution >= 4 is 11.6 Å². The van der Waals surface area contributed by atoms with Gasteiger partial charge in [-0.05, 0) is 44.0 Å². The molecule has 5 heteroatoms. The molecule has 0 aromatic heterocycles. The van der Waals surface area contributed by atoms with E-state index in [9.17, 15) is 9.90 Å². The highest BCUT2D eigenvalue weighted by molar-refractivity contribution is 5.93. The van der Waals surface area contributed by atoms with E-state index in [4.69, 9.17) is 4.74 Å². The summed E-state index contributed by atoms with van der Waals surface area (Å²) >= 11 is 0. The first kappa shape index (κ1) is 14.8. The molecule has 1 fully saturated rings. The molecule has 1 amide bonds. The number of aryl methyl sites for hydroxylation is 1. The zero-order valence-corrected chi connectivity index (χ0v) is 12.1. The lowest BCUT2D eigenvalue weighted by Crippen LogP contribution is -2.38. The molecule has 110 valence electrons. The Balaban J connectivity index is 1.99. The lowest BCUT2D eigenvalue weighted by atomic mass is 10.2. The Kier molecular flexibility index (Phi) is 4.98. The number of carbonyl (C=O) groups is 1. The fraction of sp³-hybridized carbons (Fsp3) is 0.533. The minimum atomic E-state index is -0.0748. The average Bonchev–Trinajstić information content (AvgIpc) is 2.86. The number of hydrogen-bond acceptors (Lipinski definition) is 4. The fourth-order valence-electron chi connectivity index (χ4n) is 2.60. The molecule has 2 rings (SSSR count). The van der Waals surface area contributed by atoms with Gasteiger partial charge in [0.15, 0.2) is 0 Å². The van der Waals surface area contributed by atoms with E-state index in [2.05, 4.69) is 5.32 Å². The van der Waals surface area contributed by atoms with Gasteiger partial charge in [0.1, 0.15) is 5.75 Å². The van der Waals surface area contributed by atoms with Gasteiger partial charge in [0.05, 0.1) is 25.9 Å². The summed E-state index contributed by atoms with van der Waals surface area (Å²) in [4.78, 5) is 14.1. The number of nitrogens with zero attached hydrogens (tertiary/aromatic N) is 1. The van der Waals surface area contributed by atoms with E-state index in [-0.39, 0.29) is 18.6 Å². The molecule has 1 saturated heterocycles. The molecule has 1 aromatic rings. The van der Waals surface area contributed by atoms with Crippen LogP contribution in [0.5, 0.6) is 5.75 Å². The summed E-state index contributed by atoms with van der Waals surface area (Å²) in [7, 11) is 1.59. The zero-order valence-electron chi connectivity index (χ0n) is 12.1. The van der Waals surface area contributed by atoms with Gasteiger partial charge in [0, 0.05) is 6.04 Å². The number of likely N-dealkylation sites (tertiary alicyclic amines) is 1. The number of rotatable bonds is 5. The van der Waals surface area contributed by atoms with Crippen LogP contribution in [0.3, 0.4) is 0 Å². The van der Waals surface area contributed by atoms with Gasteiger partial charge in [0.2, 0.25) is 5.91 Å². The smallest absolute Gasteiger partial charge is 0.238 e. The topological polar surface area (TPSA) is 61.8 Å². The summed E-state index contributed by atoms with van der Waals surface area (Å²) in [5.74, 6) is 0.582. The van der Waals surface area contributed by atoms with Gasteiger partial charge in [-0.25, -0.2) is 0 Å². The van der Waals surface area contributed by atoms with Crippen molar-refractivity contribution in [2.24, 2.45) is 0 Å². The maximum atomic E-state index is 12.1. The van der Waals surface area contributed by atoms with Crippen molar-refractivity contribution in [3.05, 3.63) is 23.8 Å². The first-order valence-electron chi connectivity index (χ1n) is 6.93. The minimum Gasteiger partial charge on any atom is -0.495 e. The number of benzene rings is 1. The maximum Gasteiger partial charge on any atom is 0.238 e. The molecule has 1 aliphatic rings. The second-order valence-corrected chi connectivity index (χ2v) is 5.20. The van der Waals surface area contributed by atoms with E-state index in [1.54, 1.807) is 7.11 Å². The number of carbonyl (C=O) groups excluding carboxylic acids is 1. The fourth-order valence-corrected chi connectivity index (χ4v) is 2.60. The molecular formula is C15H22N2O3. The molecule has 0 aliphatic carbocycles. The predicted octanol–water partition coefficient (Wildman–Crippen LogP) is 1.40. The monoisotopic (exact) mass is 278 g/mol. The maximum absolute atomic E-state index is 12.1. The number of hydrogen-bond donors (Lipinski definition) is 2. The highest BCUT2D eigenvalue weighted by Crippen LogP contribution is 2.25. The van der Waals surface area contributed by atoms with Crippen LogP contribution in [0.1, 0.15) is 18.4 Å². The standard InChI is InChI=1S/C15H22N2O3/c1-11-5-6-14(20-2)13(8-11)16-15(19)9-17-7-3-4-12(17)10-18/h5-6,8,12,18H,3-4,7,9-10H2,1-2H3,(H,16,19)/t12-/m0/s1. The largest absolute Gasteiger partial charge is 0.495 e. The van der Waals surface area contributed by atoms with E-state index >= 15 is 0 Å². The Morgan fingerprint density at radius 2 is 2.35 bits per heavy atom. The number of ether oxygens (including phenoxy) is 1. The number of nitrogens with one attached hydrogen (secondary N) is 1. The van der Waals surface area contributed by atoms with Gasteiger partial charge in [-0.15, -0.1) is 0 Å². The molecule has 1 aromatic carbocycles. The highest BCUT2D eigenvalue weighted by Gasteiger charge is 2.25. The van der Waals surface area contributed by atoms with Crippen molar-refractivity contribution in [2.45, 2.75) is 25.8 Å². The summed E-state index contributed by atoms with van der Waals surface area (Å²) in [6.07, 6.45) is 1.99. The zero-order chi connectivity index (χ0) is 14.5. The van der Waals surface area contributed by atoms with Gasteiger partial charge in [-0.1, -0.05) is 6.07 Å². The Morgan fingerprint density at radius 3 is 3.05 bits per heavy atom. The lowest BCUT2D eigenvalue weighted by Gasteiger charge is -2.22. The van der Waals surface area contributed by atoms with Crippen LogP contribution in [0.4, 0.5) is 5.69 Å². The van der Waals surface area contributed by atoms with E-state index in [0.29, 0.717) is 18.0 Å². The number of anilines is 1. The normalized spacial score (nSPS) is 19.1. The summed E-state index contributed by atoms with van der Waals surface area (Å²) in [5, 5.41) is 12.2. The Bertz CT molecular complexity index is 476. The van der Waals surface area contributed by atoms with E-state index in [1.165, 1.54) is 0 Å². The number of aliphatic hydroxyl groups is 1. The number of methoxy groups -OCH3 is 1. The van der Waals surface area contributed by atoms with Gasteiger partial charge in [-0.3, -0.25) is 9.69 Å². The molecular weight excluding hydrogens is 256 g/mol. The Morgan fingerprint density at radius 1 is 1.55 bits per heavy atom. The van der Waals surface area contributed by atoms with Crippen LogP contribution >= 0.6 is 0 Å². The van der Waals surface area contributed by atoms with Crippen LogP contribution in [-0.2, 0) is 4.79 Å². The molecule has 1 atom stereocenters. The molecule has 0 spiro atoms. The van der Waals surface area contributed by atoms with E-state index < -0.39 is 0 Å². The van der Waals surface area contributed by atoms with Gasteiger partial charge in [0.25, 0.3) is 0 Å². The van der Waals surface area contributed by atoms with Crippen molar-refractivity contribution < 1.29 is 14.6 Å². The number of aliphatic hydroxyl groups excluding tert-OH is 1. The molecule has 2 N–H and O–H groups in total. The van der Waals surface area contributed by atoms with Crippen molar-refractivity contribution in [1.29, 1.82) is 0 Å². The van der Waals surface area contributed by atoms with Gasteiger partial charge in [-0.2, -0.15) is 0 Å². The predicted molar refractivity (Wildman–Crippen MR) is 78.0 cm³/mol. The van der Waals surface area contributed by atoms with Crippen molar-refractivity contribution in [1.82, 2.24) is 4.90 Å². The van der Waals surface area contributed by atoms with Gasteiger partial charge >= 0.3 is 0 Å². The third-order valence-corrected chi connectivity index (χ3v) is 3.69. The Hall–Kier alpha value is -1.59. The first-order valence-corrected chi connectivity index (χ1v) is 6.93. The van der Waals surface area contributed by atoms with Gasteiger partial charge < -0.3 is 15.2 Å². The molecule has 0 unspecified atom stereocenters. The molecule has 0 radical (unpaired) electrons. The van der Waals surface area contributed by atoms with Crippen molar-refractivity contribution in [2.75, 3.05) is 32.1 Å². The van der Waals surface area contributed by atoms with E-state index in [1.807, 2.05) is 30.0 Å². The second kappa shape index (κ2) is 6.72. The van der Waals surface area contributed by atoms with E-state index in [0.717, 1.165) is 24.9 Å². The molecule has 20 heavy (non-hydrogen) atoms. The average molecular weight is 278 g/mol. The van der Waals surface area contributed by atoms with Crippen molar-refractivity contribution in [3.8, 4) is 5.75 Å². The first-order chi connectivity index (χ1) is 9.63. The lowest BCUT2D eigenvalue weighted by molar-refractivity contribution is -0.117. The molecule has 0 bridgehead atoms. The van der Waals surface area contributed by atoms with Crippen molar-refractivity contribution in [3.63, 3.8) is 0 Å². The summed E-state index contributed by atoms with van der Waals surface area (Å²) < 4.78 is 5.25. The Labute approximate surface area is 119 Å². The summed E-state index contributed by atoms with van der Waals surface area (Å²) in [5.41, 5.74) is 1.76. The van der Waals surface area contributed by atoms with Crippen LogP contribution in [0.15, 0.2) is 18.2 Å². The molecule has 1 aliphatic heterocycles. The van der Waals surface area contributed by atoms with Crippen LogP contribution in [0, 0.1) is 6.92 Å². The van der Waals surface area contributed by atoms with Crippen LogP contribution < -0.4 is 10.1 Å². The summed E-state index contributed by atoms with van der Waals surface area (Å²) in [6, 6.07) is 5.79. The SMILES string of the molecule is COc1ccc(C)cc1NC(=O)CN1CCC[C@H]1CO. The summed E-state index contributed by atoms with van der Waals surface area (Å²) in [6.45, 7) is 3.25. The molecule has 5 nitrogen and oxygen atoms in total. The third-order valence-electron chi connectivity index (χ3n) is 3.69. The molecule has 0 saturated carbocycles. The molecule has 1 heterocycles. The second-order valence-electron chi connectivity index (χ2n) is 5.20. The minimum absolute atomic E-state index is 0.0748. The van der Waals surface area contributed by atoms with Crippen LogP contribution in [-0.4, -0.2) is 48.8 Å².